The molecule has 0 unspecified atom stereocenters. The Labute approximate surface area is 243 Å². The fourth-order valence-corrected chi connectivity index (χ4v) is 6.34. The zero-order chi connectivity index (χ0) is 29.1. The van der Waals surface area contributed by atoms with E-state index in [0.29, 0.717) is 51.8 Å². The van der Waals surface area contributed by atoms with Gasteiger partial charge in [0.1, 0.15) is 24.1 Å². The van der Waals surface area contributed by atoms with Crippen LogP contribution in [0.5, 0.6) is 11.5 Å². The van der Waals surface area contributed by atoms with Crippen LogP contribution in [0.25, 0.3) is 16.8 Å². The molecule has 7 nitrogen and oxygen atoms in total. The number of aromatic nitrogens is 1. The second-order valence-electron chi connectivity index (χ2n) is 9.60. The number of benzene rings is 3. The van der Waals surface area contributed by atoms with Gasteiger partial charge in [0.2, 0.25) is 0 Å². The Hall–Kier alpha value is -4.43. The van der Waals surface area contributed by atoms with E-state index in [0.717, 1.165) is 21.9 Å². The first-order chi connectivity index (χ1) is 19.9. The van der Waals surface area contributed by atoms with E-state index in [4.69, 9.17) is 14.5 Å². The zero-order valence-corrected chi connectivity index (χ0v) is 24.5. The van der Waals surface area contributed by atoms with Crippen LogP contribution in [0.15, 0.2) is 94.4 Å². The number of hydrogen-bond acceptors (Lipinski definition) is 6. The maximum absolute atomic E-state index is 14.3. The van der Waals surface area contributed by atoms with Crippen LogP contribution in [0.4, 0.5) is 0 Å². The van der Waals surface area contributed by atoms with Crippen molar-refractivity contribution in [2.75, 3.05) is 26.8 Å². The molecule has 1 atom stereocenters. The summed E-state index contributed by atoms with van der Waals surface area (Å²) in [6.07, 6.45) is 3.50. The summed E-state index contributed by atoms with van der Waals surface area (Å²) in [6.45, 7) is 10.9. The Kier molecular flexibility index (Phi) is 8.21. The number of carbonyl (C=O) groups excluding carboxylic acids is 1. The fraction of sp³-hybridized carbons (Fsp3) is 0.242. The summed E-state index contributed by atoms with van der Waals surface area (Å²) in [6, 6.07) is 18.7. The number of hydrogen-bond donors (Lipinski definition) is 0. The van der Waals surface area contributed by atoms with Gasteiger partial charge in [-0.1, -0.05) is 72.5 Å². The van der Waals surface area contributed by atoms with Gasteiger partial charge < -0.3 is 14.4 Å². The van der Waals surface area contributed by atoms with E-state index in [1.165, 1.54) is 11.3 Å². The van der Waals surface area contributed by atoms with E-state index in [9.17, 15) is 9.59 Å². The molecule has 0 bridgehead atoms. The van der Waals surface area contributed by atoms with Crippen LogP contribution in [0, 0.1) is 0 Å². The molecule has 1 aromatic heterocycles. The minimum absolute atomic E-state index is 0.145. The van der Waals surface area contributed by atoms with Gasteiger partial charge in [0.25, 0.3) is 11.5 Å². The highest BCUT2D eigenvalue weighted by atomic mass is 32.1. The smallest absolute Gasteiger partial charge is 0.271 e. The molecular weight excluding hydrogens is 534 g/mol. The lowest BCUT2D eigenvalue weighted by molar-refractivity contribution is -0.127. The molecule has 1 aliphatic heterocycles. The molecule has 0 spiro atoms. The molecular formula is C33H33N3O4S. The molecule has 41 heavy (non-hydrogen) atoms. The highest BCUT2D eigenvalue weighted by molar-refractivity contribution is 7.07. The number of nitrogens with zero attached hydrogens (tertiary/aromatic N) is 3. The number of likely N-dealkylation sites (N-methyl/N-ethyl adjacent to an activating group) is 1. The van der Waals surface area contributed by atoms with Gasteiger partial charge in [0.15, 0.2) is 4.80 Å². The molecule has 0 saturated heterocycles. The SMILES string of the molecule is C=CCOc1ccccc1/C=c1/sc2n(c1=O)[C@@H](c1c(OC)ccc3ccccc13)C(C(=O)N(CC)CC)=C(C)N=2. The predicted molar refractivity (Wildman–Crippen MR) is 164 cm³/mol. The summed E-state index contributed by atoms with van der Waals surface area (Å²) in [5, 5.41) is 1.90. The van der Waals surface area contributed by atoms with E-state index >= 15 is 0 Å². The minimum atomic E-state index is -0.727. The van der Waals surface area contributed by atoms with Crippen molar-refractivity contribution in [3.05, 3.63) is 115 Å². The first-order valence-corrected chi connectivity index (χ1v) is 14.4. The minimum Gasteiger partial charge on any atom is -0.496 e. The summed E-state index contributed by atoms with van der Waals surface area (Å²) >= 11 is 1.30. The molecule has 1 aliphatic rings. The summed E-state index contributed by atoms with van der Waals surface area (Å²) in [7, 11) is 1.61. The molecule has 5 rings (SSSR count). The first-order valence-electron chi connectivity index (χ1n) is 13.6. The Morgan fingerprint density at radius 3 is 2.54 bits per heavy atom. The third-order valence-electron chi connectivity index (χ3n) is 7.29. The number of methoxy groups -OCH3 is 1. The van der Waals surface area contributed by atoms with Crippen molar-refractivity contribution in [2.45, 2.75) is 26.8 Å². The van der Waals surface area contributed by atoms with Crippen molar-refractivity contribution in [3.8, 4) is 11.5 Å². The summed E-state index contributed by atoms with van der Waals surface area (Å²) in [5.41, 5.74) is 2.36. The maximum Gasteiger partial charge on any atom is 0.271 e. The van der Waals surface area contributed by atoms with Crippen molar-refractivity contribution in [3.63, 3.8) is 0 Å². The van der Waals surface area contributed by atoms with Crippen molar-refractivity contribution in [2.24, 2.45) is 4.99 Å². The van der Waals surface area contributed by atoms with Gasteiger partial charge in [-0.25, -0.2) is 4.99 Å². The number of fused-ring (bicyclic) bond motifs is 2. The summed E-state index contributed by atoms with van der Waals surface area (Å²) in [5.74, 6) is 1.11. The molecule has 0 saturated carbocycles. The molecule has 2 heterocycles. The molecule has 8 heteroatoms. The van der Waals surface area contributed by atoms with Crippen molar-refractivity contribution in [1.82, 2.24) is 9.47 Å². The van der Waals surface area contributed by atoms with E-state index in [1.807, 2.05) is 87.5 Å². The number of ether oxygens (including phenoxy) is 2. The van der Waals surface area contributed by atoms with Crippen LogP contribution in [-0.4, -0.2) is 42.2 Å². The first kappa shape index (κ1) is 28.1. The Morgan fingerprint density at radius 2 is 1.80 bits per heavy atom. The number of para-hydroxylation sites is 1. The lowest BCUT2D eigenvalue weighted by Crippen LogP contribution is -2.43. The van der Waals surface area contributed by atoms with Crippen molar-refractivity contribution in [1.29, 1.82) is 0 Å². The van der Waals surface area contributed by atoms with Gasteiger partial charge in [-0.3, -0.25) is 14.2 Å². The lowest BCUT2D eigenvalue weighted by Gasteiger charge is -2.30. The molecule has 4 aromatic rings. The summed E-state index contributed by atoms with van der Waals surface area (Å²) < 4.78 is 13.8. The quantitative estimate of drug-likeness (QED) is 0.272. The van der Waals surface area contributed by atoms with E-state index < -0.39 is 6.04 Å². The molecule has 210 valence electrons. The highest BCUT2D eigenvalue weighted by Crippen LogP contribution is 2.40. The second kappa shape index (κ2) is 12.0. The highest BCUT2D eigenvalue weighted by Gasteiger charge is 2.36. The van der Waals surface area contributed by atoms with Gasteiger partial charge >= 0.3 is 0 Å². The van der Waals surface area contributed by atoms with Crippen LogP contribution >= 0.6 is 11.3 Å². The summed E-state index contributed by atoms with van der Waals surface area (Å²) in [4.78, 5) is 35.5. The monoisotopic (exact) mass is 567 g/mol. The van der Waals surface area contributed by atoms with Crippen molar-refractivity contribution < 1.29 is 14.3 Å². The third-order valence-corrected chi connectivity index (χ3v) is 8.27. The Morgan fingerprint density at radius 1 is 1.07 bits per heavy atom. The standard InChI is InChI=1S/C33H33N3O4S/c1-6-19-40-25-16-12-10-14-23(25)20-27-31(37)36-30(29-24-15-11-9-13-22(24)17-18-26(29)39-5)28(21(4)34-33(36)41-27)32(38)35(7-2)8-3/h6,9-18,20,30H,1,7-8,19H2,2-5H3/b27-20+/t30-/m1/s1. The third kappa shape index (κ3) is 5.11. The molecule has 3 aromatic carbocycles. The molecule has 0 radical (unpaired) electrons. The topological polar surface area (TPSA) is 73.1 Å². The average Bonchev–Trinajstić information content (AvgIpc) is 3.29. The molecule has 1 amide bonds. The number of rotatable bonds is 9. The Bertz CT molecular complexity index is 1850. The number of thiazole rings is 1. The zero-order valence-electron chi connectivity index (χ0n) is 23.7. The van der Waals surface area contributed by atoms with E-state index in [-0.39, 0.29) is 11.5 Å². The van der Waals surface area contributed by atoms with Crippen molar-refractivity contribution >= 4 is 34.1 Å². The normalized spacial score (nSPS) is 14.9. The number of allylic oxidation sites excluding steroid dienone is 1. The average molecular weight is 568 g/mol. The maximum atomic E-state index is 14.3. The van der Waals surface area contributed by atoms with Crippen LogP contribution in [0.1, 0.15) is 37.9 Å². The molecule has 0 fully saturated rings. The van der Waals surface area contributed by atoms with Crippen LogP contribution in [-0.2, 0) is 4.79 Å². The number of carbonyl (C=O) groups is 1. The predicted octanol–water partition coefficient (Wildman–Crippen LogP) is 4.83. The van der Waals surface area contributed by atoms with Crippen LogP contribution < -0.4 is 24.4 Å². The molecule has 0 aliphatic carbocycles. The molecule has 0 N–H and O–H groups in total. The van der Waals surface area contributed by atoms with Gasteiger partial charge in [0.05, 0.1) is 22.9 Å². The van der Waals surface area contributed by atoms with Gasteiger partial charge in [-0.15, -0.1) is 0 Å². The van der Waals surface area contributed by atoms with Gasteiger partial charge in [-0.05, 0) is 49.8 Å². The van der Waals surface area contributed by atoms with E-state index in [2.05, 4.69) is 6.58 Å². The van der Waals surface area contributed by atoms with Crippen LogP contribution in [0.3, 0.4) is 0 Å². The van der Waals surface area contributed by atoms with Gasteiger partial charge in [0, 0.05) is 24.2 Å². The lowest BCUT2D eigenvalue weighted by atomic mass is 9.90. The van der Waals surface area contributed by atoms with Crippen LogP contribution in [0.2, 0.25) is 0 Å². The number of amides is 1. The van der Waals surface area contributed by atoms with E-state index in [1.54, 1.807) is 22.7 Å². The fourth-order valence-electron chi connectivity index (χ4n) is 5.31. The Balaban J connectivity index is 1.83. The second-order valence-corrected chi connectivity index (χ2v) is 10.6. The largest absolute Gasteiger partial charge is 0.496 e. The van der Waals surface area contributed by atoms with Gasteiger partial charge in [-0.2, -0.15) is 0 Å².